The fraction of sp³-hybridized carbons (Fsp3) is 0.357. The van der Waals surface area contributed by atoms with Gasteiger partial charge in [0.25, 0.3) is 0 Å². The Morgan fingerprint density at radius 2 is 1.75 bits per heavy atom. The summed E-state index contributed by atoms with van der Waals surface area (Å²) in [6.45, 7) is 0.696. The number of anilines is 1. The number of methoxy groups -OCH3 is 1. The van der Waals surface area contributed by atoms with Crippen LogP contribution in [-0.4, -0.2) is 35.6 Å². The molecule has 1 aromatic heterocycles. The van der Waals surface area contributed by atoms with Gasteiger partial charge in [0.15, 0.2) is 0 Å². The molecule has 0 radical (unpaired) electrons. The number of amides is 2. The van der Waals surface area contributed by atoms with Gasteiger partial charge in [-0.05, 0) is 61.9 Å². The number of carbonyl (C=O) groups excluding carboxylic acids is 2. The molecule has 2 aromatic carbocycles. The first-order valence-corrected chi connectivity index (χ1v) is 12.4. The zero-order chi connectivity index (χ0) is 25.3. The Kier molecular flexibility index (Phi) is 8.62. The standard InChI is InChI=1S/C28H33N5O3/c1-36-28(35)32-23-13-11-21(12-14-23)25-15-24(30-18-31-25)16-26(20-5-3-2-4-6-20)33-27(34)22-9-7-19(17-29)8-10-22/h2-6,11-15,18-19,22,26H,7-10,16-17,29H2,1H3,(H,32,35)(H,33,34). The van der Waals surface area contributed by atoms with E-state index in [9.17, 15) is 9.59 Å². The number of carbonyl (C=O) groups is 2. The van der Waals surface area contributed by atoms with E-state index in [2.05, 4.69) is 25.3 Å². The van der Waals surface area contributed by atoms with Crippen LogP contribution in [0.25, 0.3) is 11.3 Å². The predicted molar refractivity (Wildman–Crippen MR) is 139 cm³/mol. The van der Waals surface area contributed by atoms with Crippen molar-refractivity contribution >= 4 is 17.7 Å². The van der Waals surface area contributed by atoms with Crippen LogP contribution in [0.5, 0.6) is 0 Å². The molecule has 8 heteroatoms. The molecule has 1 aliphatic carbocycles. The van der Waals surface area contributed by atoms with E-state index in [1.807, 2.05) is 48.5 Å². The van der Waals surface area contributed by atoms with E-state index in [0.717, 1.165) is 48.2 Å². The summed E-state index contributed by atoms with van der Waals surface area (Å²) in [6.07, 6.45) is 5.35. The molecule has 1 aliphatic rings. The lowest BCUT2D eigenvalue weighted by Crippen LogP contribution is -2.37. The van der Waals surface area contributed by atoms with Gasteiger partial charge in [-0.1, -0.05) is 42.5 Å². The second-order valence-corrected chi connectivity index (χ2v) is 9.22. The summed E-state index contributed by atoms with van der Waals surface area (Å²) in [6, 6.07) is 19.1. The van der Waals surface area contributed by atoms with Gasteiger partial charge >= 0.3 is 6.09 Å². The van der Waals surface area contributed by atoms with Gasteiger partial charge in [-0.15, -0.1) is 0 Å². The van der Waals surface area contributed by atoms with Gasteiger partial charge in [0, 0.05) is 29.3 Å². The van der Waals surface area contributed by atoms with Gasteiger partial charge in [0.05, 0.1) is 18.8 Å². The Morgan fingerprint density at radius 1 is 1.03 bits per heavy atom. The van der Waals surface area contributed by atoms with Crippen LogP contribution in [-0.2, 0) is 16.0 Å². The molecule has 8 nitrogen and oxygen atoms in total. The van der Waals surface area contributed by atoms with Crippen molar-refractivity contribution in [3.63, 3.8) is 0 Å². The Morgan fingerprint density at radius 3 is 2.42 bits per heavy atom. The third-order valence-electron chi connectivity index (χ3n) is 6.82. The molecule has 188 valence electrons. The van der Waals surface area contributed by atoms with Crippen LogP contribution < -0.4 is 16.4 Å². The third-order valence-corrected chi connectivity index (χ3v) is 6.82. The number of ether oxygens (including phenoxy) is 1. The molecule has 1 fully saturated rings. The first-order valence-electron chi connectivity index (χ1n) is 12.4. The molecular formula is C28H33N5O3. The maximum Gasteiger partial charge on any atom is 0.411 e. The van der Waals surface area contributed by atoms with Crippen LogP contribution in [0, 0.1) is 11.8 Å². The van der Waals surface area contributed by atoms with Gasteiger partial charge in [0.1, 0.15) is 6.33 Å². The second kappa shape index (κ2) is 12.3. The highest BCUT2D eigenvalue weighted by Gasteiger charge is 2.27. The summed E-state index contributed by atoms with van der Waals surface area (Å²) >= 11 is 0. The molecule has 0 aliphatic heterocycles. The molecule has 1 heterocycles. The largest absolute Gasteiger partial charge is 0.453 e. The lowest BCUT2D eigenvalue weighted by atomic mass is 9.81. The maximum atomic E-state index is 13.2. The second-order valence-electron chi connectivity index (χ2n) is 9.22. The normalized spacial score (nSPS) is 18.2. The van der Waals surface area contributed by atoms with Gasteiger partial charge in [-0.3, -0.25) is 10.1 Å². The molecular weight excluding hydrogens is 454 g/mol. The van der Waals surface area contributed by atoms with Crippen LogP contribution in [0.4, 0.5) is 10.5 Å². The van der Waals surface area contributed by atoms with Crippen molar-refractivity contribution in [2.24, 2.45) is 17.6 Å². The SMILES string of the molecule is COC(=O)Nc1ccc(-c2cc(CC(NC(=O)C3CCC(CN)CC3)c3ccccc3)ncn2)cc1. The average Bonchev–Trinajstić information content (AvgIpc) is 2.93. The minimum absolute atomic E-state index is 0.0251. The summed E-state index contributed by atoms with van der Waals surface area (Å²) in [7, 11) is 1.32. The third kappa shape index (κ3) is 6.66. The average molecular weight is 488 g/mol. The highest BCUT2D eigenvalue weighted by Crippen LogP contribution is 2.29. The van der Waals surface area contributed by atoms with Crippen LogP contribution in [0.1, 0.15) is 43.0 Å². The number of rotatable bonds is 8. The fourth-order valence-electron chi connectivity index (χ4n) is 4.66. The van der Waals surface area contributed by atoms with E-state index in [1.165, 1.54) is 7.11 Å². The highest BCUT2D eigenvalue weighted by molar-refractivity contribution is 5.84. The van der Waals surface area contributed by atoms with Crippen molar-refractivity contribution in [1.82, 2.24) is 15.3 Å². The molecule has 4 N–H and O–H groups in total. The zero-order valence-electron chi connectivity index (χ0n) is 20.5. The molecule has 3 aromatic rings. The smallest absolute Gasteiger partial charge is 0.411 e. The van der Waals surface area contributed by atoms with E-state index in [4.69, 9.17) is 5.73 Å². The summed E-state index contributed by atoms with van der Waals surface area (Å²) in [5.74, 6) is 0.656. The number of nitrogens with one attached hydrogen (secondary N) is 2. The summed E-state index contributed by atoms with van der Waals surface area (Å²) in [5.41, 5.74) is 9.99. The van der Waals surface area contributed by atoms with Crippen molar-refractivity contribution in [2.45, 2.75) is 38.1 Å². The minimum atomic E-state index is -0.520. The summed E-state index contributed by atoms with van der Waals surface area (Å²) in [4.78, 5) is 33.5. The lowest BCUT2D eigenvalue weighted by Gasteiger charge is -2.28. The van der Waals surface area contributed by atoms with Crippen molar-refractivity contribution in [3.8, 4) is 11.3 Å². The molecule has 4 rings (SSSR count). The summed E-state index contributed by atoms with van der Waals surface area (Å²) < 4.78 is 4.63. The Hall–Kier alpha value is -3.78. The van der Waals surface area contributed by atoms with Gasteiger partial charge in [-0.25, -0.2) is 14.8 Å². The van der Waals surface area contributed by atoms with E-state index in [-0.39, 0.29) is 17.9 Å². The molecule has 1 unspecified atom stereocenters. The van der Waals surface area contributed by atoms with Crippen LogP contribution in [0.2, 0.25) is 0 Å². The van der Waals surface area contributed by atoms with Gasteiger partial charge in [-0.2, -0.15) is 0 Å². The van der Waals surface area contributed by atoms with Crippen LogP contribution >= 0.6 is 0 Å². The van der Waals surface area contributed by atoms with Crippen LogP contribution in [0.3, 0.4) is 0 Å². The van der Waals surface area contributed by atoms with Crippen molar-refractivity contribution < 1.29 is 14.3 Å². The van der Waals surface area contributed by atoms with E-state index >= 15 is 0 Å². The molecule has 1 atom stereocenters. The zero-order valence-corrected chi connectivity index (χ0v) is 20.5. The number of hydrogen-bond acceptors (Lipinski definition) is 6. The van der Waals surface area contributed by atoms with E-state index in [0.29, 0.717) is 24.6 Å². The number of hydrogen-bond donors (Lipinski definition) is 3. The Balaban J connectivity index is 1.48. The number of nitrogens with two attached hydrogens (primary N) is 1. The highest BCUT2D eigenvalue weighted by atomic mass is 16.5. The Labute approximate surface area is 211 Å². The fourth-order valence-corrected chi connectivity index (χ4v) is 4.66. The molecule has 0 spiro atoms. The molecule has 0 saturated heterocycles. The van der Waals surface area contributed by atoms with Gasteiger partial charge in [0.2, 0.25) is 5.91 Å². The van der Waals surface area contributed by atoms with Crippen molar-refractivity contribution in [3.05, 3.63) is 78.2 Å². The minimum Gasteiger partial charge on any atom is -0.453 e. The number of benzene rings is 2. The summed E-state index contributed by atoms with van der Waals surface area (Å²) in [5, 5.41) is 5.93. The van der Waals surface area contributed by atoms with Gasteiger partial charge < -0.3 is 15.8 Å². The molecule has 2 amide bonds. The molecule has 1 saturated carbocycles. The number of aromatic nitrogens is 2. The first kappa shape index (κ1) is 25.3. The molecule has 0 bridgehead atoms. The van der Waals surface area contributed by atoms with E-state index in [1.54, 1.807) is 18.5 Å². The van der Waals surface area contributed by atoms with Crippen molar-refractivity contribution in [2.75, 3.05) is 19.0 Å². The predicted octanol–water partition coefficient (Wildman–Crippen LogP) is 4.49. The van der Waals surface area contributed by atoms with E-state index < -0.39 is 6.09 Å². The number of nitrogens with zero attached hydrogens (tertiary/aromatic N) is 2. The quantitative estimate of drug-likeness (QED) is 0.431. The lowest BCUT2D eigenvalue weighted by molar-refractivity contribution is -0.127. The first-order chi connectivity index (χ1) is 17.6. The molecule has 36 heavy (non-hydrogen) atoms. The Bertz CT molecular complexity index is 1150. The maximum absolute atomic E-state index is 13.2. The van der Waals surface area contributed by atoms with Crippen molar-refractivity contribution in [1.29, 1.82) is 0 Å². The topological polar surface area (TPSA) is 119 Å². The van der Waals surface area contributed by atoms with Crippen LogP contribution in [0.15, 0.2) is 67.0 Å². The monoisotopic (exact) mass is 487 g/mol.